The Morgan fingerprint density at radius 3 is 2.74 bits per heavy atom. The fourth-order valence-electron chi connectivity index (χ4n) is 3.13. The Morgan fingerprint density at radius 1 is 1.32 bits per heavy atom. The lowest BCUT2D eigenvalue weighted by atomic mass is 9.82. The molecule has 1 aliphatic rings. The molecule has 1 heterocycles. The van der Waals surface area contributed by atoms with Gasteiger partial charge in [0, 0.05) is 6.61 Å². The van der Waals surface area contributed by atoms with Crippen LogP contribution in [0, 0.1) is 13.8 Å². The highest BCUT2D eigenvalue weighted by molar-refractivity contribution is 5.36. The zero-order valence-corrected chi connectivity index (χ0v) is 12.8. The quantitative estimate of drug-likeness (QED) is 0.887. The van der Waals surface area contributed by atoms with Crippen LogP contribution in [-0.4, -0.2) is 18.8 Å². The van der Waals surface area contributed by atoms with Gasteiger partial charge in [0.05, 0.1) is 11.6 Å². The third-order valence-corrected chi connectivity index (χ3v) is 4.48. The molecule has 106 valence electrons. The molecule has 0 aromatic heterocycles. The summed E-state index contributed by atoms with van der Waals surface area (Å²) >= 11 is 0. The zero-order chi connectivity index (χ0) is 13.9. The van der Waals surface area contributed by atoms with Crippen LogP contribution >= 0.6 is 0 Å². The summed E-state index contributed by atoms with van der Waals surface area (Å²) in [6, 6.07) is 6.89. The average molecular weight is 261 g/mol. The van der Waals surface area contributed by atoms with E-state index in [1.807, 2.05) is 0 Å². The van der Waals surface area contributed by atoms with Crippen molar-refractivity contribution in [2.24, 2.45) is 0 Å². The molecule has 0 radical (unpaired) electrons. The maximum absolute atomic E-state index is 6.17. The van der Waals surface area contributed by atoms with Gasteiger partial charge in [-0.05, 0) is 63.3 Å². The van der Waals surface area contributed by atoms with Crippen molar-refractivity contribution < 1.29 is 4.74 Å². The van der Waals surface area contributed by atoms with Crippen LogP contribution in [0.15, 0.2) is 18.2 Å². The van der Waals surface area contributed by atoms with Crippen LogP contribution in [0.25, 0.3) is 0 Å². The van der Waals surface area contributed by atoms with Crippen molar-refractivity contribution in [2.45, 2.75) is 58.6 Å². The van der Waals surface area contributed by atoms with Gasteiger partial charge in [-0.2, -0.15) is 0 Å². The predicted molar refractivity (Wildman–Crippen MR) is 80.5 cm³/mol. The second-order valence-electron chi connectivity index (χ2n) is 5.90. The monoisotopic (exact) mass is 261 g/mol. The first-order chi connectivity index (χ1) is 9.08. The van der Waals surface area contributed by atoms with Gasteiger partial charge in [0.25, 0.3) is 0 Å². The summed E-state index contributed by atoms with van der Waals surface area (Å²) in [4.78, 5) is 0. The summed E-state index contributed by atoms with van der Waals surface area (Å²) in [6.45, 7) is 10.7. The Kier molecular flexibility index (Phi) is 4.64. The first-order valence-electron chi connectivity index (χ1n) is 7.52. The minimum atomic E-state index is -0.0766. The van der Waals surface area contributed by atoms with Gasteiger partial charge in [0.1, 0.15) is 0 Å². The first kappa shape index (κ1) is 14.5. The zero-order valence-electron chi connectivity index (χ0n) is 12.8. The summed E-state index contributed by atoms with van der Waals surface area (Å²) in [5, 5.41) is 3.65. The third kappa shape index (κ3) is 3.01. The second-order valence-corrected chi connectivity index (χ2v) is 5.90. The summed E-state index contributed by atoms with van der Waals surface area (Å²) in [6.07, 6.45) is 3.60. The molecule has 1 fully saturated rings. The molecule has 1 aliphatic heterocycles. The standard InChI is InChI=1S/C17H27NO/c1-5-18-16(17(4)11-6-7-12-19-17)15-10-8-9-13(2)14(15)3/h8-10,16,18H,5-7,11-12H2,1-4H3. The van der Waals surface area contributed by atoms with Crippen LogP contribution in [0.2, 0.25) is 0 Å². The summed E-state index contributed by atoms with van der Waals surface area (Å²) in [5.74, 6) is 0. The highest BCUT2D eigenvalue weighted by atomic mass is 16.5. The van der Waals surface area contributed by atoms with Gasteiger partial charge in [0.2, 0.25) is 0 Å². The lowest BCUT2D eigenvalue weighted by molar-refractivity contribution is -0.0896. The van der Waals surface area contributed by atoms with Crippen LogP contribution < -0.4 is 5.32 Å². The van der Waals surface area contributed by atoms with Crippen LogP contribution in [0.4, 0.5) is 0 Å². The molecule has 1 aromatic carbocycles. The van der Waals surface area contributed by atoms with Gasteiger partial charge < -0.3 is 10.1 Å². The van der Waals surface area contributed by atoms with Gasteiger partial charge >= 0.3 is 0 Å². The van der Waals surface area contributed by atoms with Crippen molar-refractivity contribution in [1.82, 2.24) is 5.32 Å². The molecule has 2 rings (SSSR count). The van der Waals surface area contributed by atoms with E-state index in [0.717, 1.165) is 19.6 Å². The van der Waals surface area contributed by atoms with Crippen molar-refractivity contribution in [2.75, 3.05) is 13.2 Å². The van der Waals surface area contributed by atoms with E-state index in [2.05, 4.69) is 51.2 Å². The van der Waals surface area contributed by atoms with Gasteiger partial charge in [0.15, 0.2) is 0 Å². The maximum Gasteiger partial charge on any atom is 0.0848 e. The number of ether oxygens (including phenoxy) is 1. The molecule has 2 unspecified atom stereocenters. The third-order valence-electron chi connectivity index (χ3n) is 4.48. The van der Waals surface area contributed by atoms with Gasteiger partial charge in [-0.1, -0.05) is 25.1 Å². The lowest BCUT2D eigenvalue weighted by Gasteiger charge is -2.42. The lowest BCUT2D eigenvalue weighted by Crippen LogP contribution is -2.46. The first-order valence-corrected chi connectivity index (χ1v) is 7.52. The van der Waals surface area contributed by atoms with Crippen molar-refractivity contribution in [3.8, 4) is 0 Å². The van der Waals surface area contributed by atoms with E-state index in [9.17, 15) is 0 Å². The minimum absolute atomic E-state index is 0.0766. The number of benzene rings is 1. The molecule has 0 saturated carbocycles. The normalized spacial score (nSPS) is 25.3. The van der Waals surface area contributed by atoms with Crippen LogP contribution in [0.3, 0.4) is 0 Å². The summed E-state index contributed by atoms with van der Waals surface area (Å²) < 4.78 is 6.17. The average Bonchev–Trinajstić information content (AvgIpc) is 2.40. The molecular weight excluding hydrogens is 234 g/mol. The number of hydrogen-bond donors (Lipinski definition) is 1. The smallest absolute Gasteiger partial charge is 0.0848 e. The van der Waals surface area contributed by atoms with Crippen molar-refractivity contribution >= 4 is 0 Å². The van der Waals surface area contributed by atoms with E-state index in [1.54, 1.807) is 0 Å². The molecule has 2 nitrogen and oxygen atoms in total. The van der Waals surface area contributed by atoms with E-state index in [-0.39, 0.29) is 11.6 Å². The Bertz CT molecular complexity index is 421. The molecule has 1 saturated heterocycles. The van der Waals surface area contributed by atoms with Crippen LogP contribution in [0.5, 0.6) is 0 Å². The maximum atomic E-state index is 6.17. The second kappa shape index (κ2) is 6.06. The molecule has 2 atom stereocenters. The van der Waals surface area contributed by atoms with E-state index in [4.69, 9.17) is 4.74 Å². The van der Waals surface area contributed by atoms with E-state index < -0.39 is 0 Å². The van der Waals surface area contributed by atoms with E-state index >= 15 is 0 Å². The molecule has 19 heavy (non-hydrogen) atoms. The Morgan fingerprint density at radius 2 is 2.11 bits per heavy atom. The number of rotatable bonds is 4. The van der Waals surface area contributed by atoms with Gasteiger partial charge in [-0.25, -0.2) is 0 Å². The van der Waals surface area contributed by atoms with Crippen molar-refractivity contribution in [3.63, 3.8) is 0 Å². The SMILES string of the molecule is CCNC(c1cccc(C)c1C)C1(C)CCCCO1. The molecule has 2 heteroatoms. The molecule has 0 bridgehead atoms. The highest BCUT2D eigenvalue weighted by Gasteiger charge is 2.38. The molecule has 1 N–H and O–H groups in total. The number of likely N-dealkylation sites (N-methyl/N-ethyl adjacent to an activating group) is 1. The molecule has 0 amide bonds. The van der Waals surface area contributed by atoms with Crippen molar-refractivity contribution in [3.05, 3.63) is 34.9 Å². The number of aryl methyl sites for hydroxylation is 1. The topological polar surface area (TPSA) is 21.3 Å². The molecule has 1 aromatic rings. The number of nitrogens with one attached hydrogen (secondary N) is 1. The minimum Gasteiger partial charge on any atom is -0.373 e. The van der Waals surface area contributed by atoms with E-state index in [0.29, 0.717) is 0 Å². The van der Waals surface area contributed by atoms with Crippen LogP contribution in [0.1, 0.15) is 55.8 Å². The molecular formula is C17H27NO. The van der Waals surface area contributed by atoms with Crippen molar-refractivity contribution in [1.29, 1.82) is 0 Å². The van der Waals surface area contributed by atoms with Gasteiger partial charge in [-0.15, -0.1) is 0 Å². The largest absolute Gasteiger partial charge is 0.373 e. The summed E-state index contributed by atoms with van der Waals surface area (Å²) in [7, 11) is 0. The Labute approximate surface area is 117 Å². The Balaban J connectivity index is 2.36. The summed E-state index contributed by atoms with van der Waals surface area (Å²) in [5.41, 5.74) is 4.07. The van der Waals surface area contributed by atoms with E-state index in [1.165, 1.54) is 29.5 Å². The molecule has 0 spiro atoms. The predicted octanol–water partition coefficient (Wildman–Crippen LogP) is 3.91. The fraction of sp³-hybridized carbons (Fsp3) is 0.647. The Hall–Kier alpha value is -0.860. The van der Waals surface area contributed by atoms with Gasteiger partial charge in [-0.3, -0.25) is 0 Å². The fourth-order valence-corrected chi connectivity index (χ4v) is 3.13. The molecule has 0 aliphatic carbocycles. The highest BCUT2D eigenvalue weighted by Crippen LogP contribution is 2.38. The number of hydrogen-bond acceptors (Lipinski definition) is 2. The van der Waals surface area contributed by atoms with Crippen LogP contribution in [-0.2, 0) is 4.74 Å².